The Hall–Kier alpha value is -3.62. The van der Waals surface area contributed by atoms with E-state index in [9.17, 15) is 0 Å². The molecular formula is C30H22BrN. The third-order valence-corrected chi connectivity index (χ3v) is 6.04. The van der Waals surface area contributed by atoms with E-state index in [1.54, 1.807) is 0 Å². The lowest BCUT2D eigenvalue weighted by molar-refractivity contribution is 1.28. The second-order valence-electron chi connectivity index (χ2n) is 7.64. The van der Waals surface area contributed by atoms with Gasteiger partial charge in [0.05, 0.1) is 0 Å². The number of halogens is 1. The molecule has 0 heterocycles. The van der Waals surface area contributed by atoms with Crippen molar-refractivity contribution in [2.45, 2.75) is 0 Å². The Labute approximate surface area is 197 Å². The number of rotatable bonds is 5. The molecule has 0 atom stereocenters. The van der Waals surface area contributed by atoms with Crippen LogP contribution in [0.2, 0.25) is 0 Å². The van der Waals surface area contributed by atoms with Crippen molar-refractivity contribution in [1.29, 1.82) is 0 Å². The fraction of sp³-hybridized carbons (Fsp3) is 0. The summed E-state index contributed by atoms with van der Waals surface area (Å²) in [7, 11) is 0. The predicted molar refractivity (Wildman–Crippen MR) is 140 cm³/mol. The van der Waals surface area contributed by atoms with Crippen LogP contribution in [0.25, 0.3) is 22.3 Å². The summed E-state index contributed by atoms with van der Waals surface area (Å²) >= 11 is 3.57. The van der Waals surface area contributed by atoms with Crippen LogP contribution in [0, 0.1) is 0 Å². The largest absolute Gasteiger partial charge is 0.310 e. The molecule has 0 aromatic heterocycles. The van der Waals surface area contributed by atoms with Gasteiger partial charge in [-0.3, -0.25) is 0 Å². The first-order valence-electron chi connectivity index (χ1n) is 10.6. The highest BCUT2D eigenvalue weighted by molar-refractivity contribution is 9.10. The highest BCUT2D eigenvalue weighted by Crippen LogP contribution is 2.38. The van der Waals surface area contributed by atoms with Crippen molar-refractivity contribution in [3.8, 4) is 22.3 Å². The van der Waals surface area contributed by atoms with Gasteiger partial charge in [0.15, 0.2) is 0 Å². The maximum atomic E-state index is 3.57. The molecule has 1 nitrogen and oxygen atoms in total. The van der Waals surface area contributed by atoms with Gasteiger partial charge in [0.1, 0.15) is 0 Å². The van der Waals surface area contributed by atoms with Crippen molar-refractivity contribution in [3.63, 3.8) is 0 Å². The Morgan fingerprint density at radius 2 is 0.812 bits per heavy atom. The Morgan fingerprint density at radius 1 is 0.375 bits per heavy atom. The lowest BCUT2D eigenvalue weighted by atomic mass is 10.0. The van der Waals surface area contributed by atoms with Crippen LogP contribution in [0.5, 0.6) is 0 Å². The first kappa shape index (κ1) is 20.3. The Kier molecular flexibility index (Phi) is 5.87. The minimum absolute atomic E-state index is 1.07. The van der Waals surface area contributed by atoms with Crippen molar-refractivity contribution in [2.75, 3.05) is 4.90 Å². The molecule has 5 aromatic rings. The average Bonchev–Trinajstić information content (AvgIpc) is 2.87. The maximum absolute atomic E-state index is 3.57. The maximum Gasteiger partial charge on any atom is 0.0467 e. The molecule has 5 aromatic carbocycles. The highest BCUT2D eigenvalue weighted by Gasteiger charge is 2.14. The van der Waals surface area contributed by atoms with Gasteiger partial charge in [-0.05, 0) is 70.8 Å². The van der Waals surface area contributed by atoms with Crippen molar-refractivity contribution in [3.05, 3.63) is 138 Å². The zero-order chi connectivity index (χ0) is 21.8. The van der Waals surface area contributed by atoms with Gasteiger partial charge in [-0.2, -0.15) is 0 Å². The minimum Gasteiger partial charge on any atom is -0.310 e. The zero-order valence-corrected chi connectivity index (χ0v) is 19.1. The van der Waals surface area contributed by atoms with Gasteiger partial charge in [0, 0.05) is 21.5 Å². The van der Waals surface area contributed by atoms with E-state index in [1.165, 1.54) is 22.3 Å². The Bertz CT molecular complexity index is 1230. The molecule has 0 radical (unpaired) electrons. The summed E-state index contributed by atoms with van der Waals surface area (Å²) in [4.78, 5) is 2.31. The van der Waals surface area contributed by atoms with E-state index in [0.29, 0.717) is 0 Å². The lowest BCUT2D eigenvalue weighted by Crippen LogP contribution is -2.10. The second-order valence-corrected chi connectivity index (χ2v) is 8.56. The quantitative estimate of drug-likeness (QED) is 0.244. The Balaban J connectivity index is 1.64. The van der Waals surface area contributed by atoms with Crippen LogP contribution in [0.1, 0.15) is 0 Å². The summed E-state index contributed by atoms with van der Waals surface area (Å²) in [6, 6.07) is 47.0. The second kappa shape index (κ2) is 9.25. The third kappa shape index (κ3) is 4.37. The first-order chi connectivity index (χ1) is 15.8. The SMILES string of the molecule is Brc1ccc(N(c2cccc(-c3ccccc3)c2)c2cccc(-c3ccccc3)c2)cc1. The molecule has 0 aliphatic rings. The van der Waals surface area contributed by atoms with Gasteiger partial charge in [-0.1, -0.05) is 101 Å². The van der Waals surface area contributed by atoms with Crippen LogP contribution in [0.3, 0.4) is 0 Å². The van der Waals surface area contributed by atoms with E-state index in [1.807, 2.05) is 0 Å². The molecule has 5 rings (SSSR count). The number of hydrogen-bond acceptors (Lipinski definition) is 1. The fourth-order valence-corrected chi connectivity index (χ4v) is 4.21. The average molecular weight is 476 g/mol. The molecule has 0 bridgehead atoms. The molecule has 0 unspecified atom stereocenters. The van der Waals surface area contributed by atoms with Gasteiger partial charge in [0.25, 0.3) is 0 Å². The van der Waals surface area contributed by atoms with E-state index in [-0.39, 0.29) is 0 Å². The highest BCUT2D eigenvalue weighted by atomic mass is 79.9. The number of benzene rings is 5. The van der Waals surface area contributed by atoms with Gasteiger partial charge in [0.2, 0.25) is 0 Å². The minimum atomic E-state index is 1.07. The van der Waals surface area contributed by atoms with Crippen molar-refractivity contribution in [2.24, 2.45) is 0 Å². The molecular weight excluding hydrogens is 454 g/mol. The van der Waals surface area contributed by atoms with E-state index in [4.69, 9.17) is 0 Å². The summed E-state index contributed by atoms with van der Waals surface area (Å²) < 4.78 is 1.07. The normalized spacial score (nSPS) is 10.7. The van der Waals surface area contributed by atoms with Gasteiger partial charge in [-0.25, -0.2) is 0 Å². The molecule has 0 amide bonds. The zero-order valence-electron chi connectivity index (χ0n) is 17.5. The molecule has 0 spiro atoms. The molecule has 2 heteroatoms. The van der Waals surface area contributed by atoms with Crippen molar-refractivity contribution < 1.29 is 0 Å². The Morgan fingerprint density at radius 3 is 1.28 bits per heavy atom. The van der Waals surface area contributed by atoms with Gasteiger partial charge >= 0.3 is 0 Å². The first-order valence-corrected chi connectivity index (χ1v) is 11.4. The van der Waals surface area contributed by atoms with Gasteiger partial charge in [-0.15, -0.1) is 0 Å². The predicted octanol–water partition coefficient (Wildman–Crippen LogP) is 9.25. The standard InChI is InChI=1S/C30H22BrN/c31-27-17-19-28(20-18-27)32(29-15-7-13-25(21-29)23-9-3-1-4-10-23)30-16-8-14-26(22-30)24-11-5-2-6-12-24/h1-22H. The molecule has 0 aliphatic heterocycles. The van der Waals surface area contributed by atoms with E-state index < -0.39 is 0 Å². The van der Waals surface area contributed by atoms with Crippen LogP contribution >= 0.6 is 15.9 Å². The topological polar surface area (TPSA) is 3.24 Å². The van der Waals surface area contributed by atoms with E-state index in [0.717, 1.165) is 21.5 Å². The van der Waals surface area contributed by atoms with Crippen LogP contribution < -0.4 is 4.90 Å². The van der Waals surface area contributed by atoms with Crippen molar-refractivity contribution >= 4 is 33.0 Å². The summed E-state index contributed by atoms with van der Waals surface area (Å²) in [5.74, 6) is 0. The molecule has 154 valence electrons. The van der Waals surface area contributed by atoms with E-state index in [2.05, 4.69) is 154 Å². The summed E-state index contributed by atoms with van der Waals surface area (Å²) in [6.45, 7) is 0. The molecule has 32 heavy (non-hydrogen) atoms. The van der Waals surface area contributed by atoms with Crippen LogP contribution in [0.4, 0.5) is 17.1 Å². The lowest BCUT2D eigenvalue weighted by Gasteiger charge is -2.26. The summed E-state index contributed by atoms with van der Waals surface area (Å²) in [6.07, 6.45) is 0. The molecule has 0 fully saturated rings. The van der Waals surface area contributed by atoms with Gasteiger partial charge < -0.3 is 4.90 Å². The van der Waals surface area contributed by atoms with E-state index >= 15 is 0 Å². The molecule has 0 saturated carbocycles. The number of anilines is 3. The third-order valence-electron chi connectivity index (χ3n) is 5.51. The summed E-state index contributed by atoms with van der Waals surface area (Å²) in [5, 5.41) is 0. The number of hydrogen-bond donors (Lipinski definition) is 0. The molecule has 0 aliphatic carbocycles. The molecule has 0 N–H and O–H groups in total. The summed E-state index contributed by atoms with van der Waals surface area (Å²) in [5.41, 5.74) is 8.18. The van der Waals surface area contributed by atoms with Crippen LogP contribution in [-0.2, 0) is 0 Å². The number of nitrogens with zero attached hydrogens (tertiary/aromatic N) is 1. The van der Waals surface area contributed by atoms with Crippen LogP contribution in [-0.4, -0.2) is 0 Å². The molecule has 0 saturated heterocycles. The monoisotopic (exact) mass is 475 g/mol. The van der Waals surface area contributed by atoms with Crippen molar-refractivity contribution in [1.82, 2.24) is 0 Å². The van der Waals surface area contributed by atoms with Crippen LogP contribution in [0.15, 0.2) is 138 Å². The fourth-order valence-electron chi connectivity index (χ4n) is 3.95. The smallest absolute Gasteiger partial charge is 0.0467 e.